The molecule has 0 aromatic rings. The summed E-state index contributed by atoms with van der Waals surface area (Å²) in [6.07, 6.45) is 0.0399. The number of nitrogens with zero attached hydrogens (tertiary/aromatic N) is 1. The lowest BCUT2D eigenvalue weighted by atomic mass is 10.2. The Morgan fingerprint density at radius 2 is 2.20 bits per heavy atom. The van der Waals surface area contributed by atoms with Crippen molar-refractivity contribution in [2.24, 2.45) is 5.73 Å². The fourth-order valence-corrected chi connectivity index (χ4v) is 0.758. The Kier molecular flexibility index (Phi) is 3.99. The van der Waals surface area contributed by atoms with Gasteiger partial charge in [-0.1, -0.05) is 0 Å². The van der Waals surface area contributed by atoms with Gasteiger partial charge in [-0.05, 0) is 14.1 Å². The molecule has 0 saturated carbocycles. The maximum atomic E-state index is 10.1. The molecule has 10 heavy (non-hydrogen) atoms. The normalized spacial score (nSPS) is 13.6. The van der Waals surface area contributed by atoms with Crippen LogP contribution < -0.4 is 5.73 Å². The van der Waals surface area contributed by atoms with Gasteiger partial charge in [-0.25, -0.2) is 0 Å². The van der Waals surface area contributed by atoms with Crippen LogP contribution in [-0.4, -0.2) is 42.7 Å². The average Bonchev–Trinajstić information content (AvgIpc) is 1.58. The predicted octanol–water partition coefficient (Wildman–Crippen LogP) is -0.650. The zero-order valence-corrected chi connectivity index (χ0v) is 6.37. The van der Waals surface area contributed by atoms with E-state index in [1.54, 1.807) is 0 Å². The molecular formula is C6H14N2O2. The third-order valence-corrected chi connectivity index (χ3v) is 1.04. The van der Waals surface area contributed by atoms with Crippen molar-refractivity contribution in [3.63, 3.8) is 0 Å². The standard InChI is InChI=1S/C6H14N2O2/c1-8(2)4-5(7)3-6(9)10/h5H,3-4,7H2,1-2H3,(H,9,10)/t5-/m0/s1. The lowest BCUT2D eigenvalue weighted by Gasteiger charge is -2.14. The summed E-state index contributed by atoms with van der Waals surface area (Å²) in [5, 5.41) is 8.30. The highest BCUT2D eigenvalue weighted by molar-refractivity contribution is 5.67. The van der Waals surface area contributed by atoms with Gasteiger partial charge in [0.15, 0.2) is 0 Å². The third kappa shape index (κ3) is 5.53. The second kappa shape index (κ2) is 4.24. The van der Waals surface area contributed by atoms with Crippen molar-refractivity contribution in [1.29, 1.82) is 0 Å². The van der Waals surface area contributed by atoms with Gasteiger partial charge in [-0.15, -0.1) is 0 Å². The van der Waals surface area contributed by atoms with Crippen molar-refractivity contribution in [1.82, 2.24) is 4.90 Å². The fraction of sp³-hybridized carbons (Fsp3) is 0.833. The van der Waals surface area contributed by atoms with Gasteiger partial charge in [0.1, 0.15) is 0 Å². The molecule has 0 fully saturated rings. The van der Waals surface area contributed by atoms with Gasteiger partial charge in [-0.3, -0.25) is 4.79 Å². The Bertz CT molecular complexity index is 114. The molecule has 0 unspecified atom stereocenters. The Morgan fingerprint density at radius 1 is 1.70 bits per heavy atom. The van der Waals surface area contributed by atoms with Gasteiger partial charge < -0.3 is 15.7 Å². The van der Waals surface area contributed by atoms with Crippen LogP contribution in [0, 0.1) is 0 Å². The van der Waals surface area contributed by atoms with Crippen molar-refractivity contribution in [3.05, 3.63) is 0 Å². The van der Waals surface area contributed by atoms with Gasteiger partial charge in [0, 0.05) is 12.6 Å². The van der Waals surface area contributed by atoms with Crippen LogP contribution in [0.5, 0.6) is 0 Å². The van der Waals surface area contributed by atoms with Crippen molar-refractivity contribution in [3.8, 4) is 0 Å². The van der Waals surface area contributed by atoms with E-state index in [0.717, 1.165) is 0 Å². The number of nitrogens with two attached hydrogens (primary N) is 1. The summed E-state index contributed by atoms with van der Waals surface area (Å²) in [4.78, 5) is 12.0. The summed E-state index contributed by atoms with van der Waals surface area (Å²) in [5.74, 6) is -0.839. The van der Waals surface area contributed by atoms with Crippen LogP contribution in [0.4, 0.5) is 0 Å². The second-order valence-electron chi connectivity index (χ2n) is 2.62. The molecule has 0 aromatic carbocycles. The van der Waals surface area contributed by atoms with Crippen LogP contribution in [0.3, 0.4) is 0 Å². The molecule has 0 aliphatic carbocycles. The van der Waals surface area contributed by atoms with Gasteiger partial charge in [-0.2, -0.15) is 0 Å². The van der Waals surface area contributed by atoms with Crippen LogP contribution >= 0.6 is 0 Å². The number of hydrogen-bond donors (Lipinski definition) is 2. The molecule has 0 heterocycles. The topological polar surface area (TPSA) is 66.6 Å². The first-order valence-electron chi connectivity index (χ1n) is 3.14. The molecule has 0 amide bonds. The molecular weight excluding hydrogens is 132 g/mol. The summed E-state index contributed by atoms with van der Waals surface area (Å²) in [6.45, 7) is 0.617. The minimum atomic E-state index is -0.839. The maximum absolute atomic E-state index is 10.1. The largest absolute Gasteiger partial charge is 0.481 e. The summed E-state index contributed by atoms with van der Waals surface area (Å²) in [5.41, 5.74) is 5.45. The number of hydrogen-bond acceptors (Lipinski definition) is 3. The number of carbonyl (C=O) groups is 1. The molecule has 0 rings (SSSR count). The number of rotatable bonds is 4. The summed E-state index contributed by atoms with van der Waals surface area (Å²) < 4.78 is 0. The van der Waals surface area contributed by atoms with E-state index >= 15 is 0 Å². The van der Waals surface area contributed by atoms with Crippen LogP contribution in [-0.2, 0) is 4.79 Å². The van der Waals surface area contributed by atoms with Gasteiger partial charge >= 0.3 is 5.97 Å². The van der Waals surface area contributed by atoms with E-state index in [9.17, 15) is 4.79 Å². The van der Waals surface area contributed by atoms with Crippen LogP contribution in [0.2, 0.25) is 0 Å². The Morgan fingerprint density at radius 3 is 2.50 bits per heavy atom. The summed E-state index contributed by atoms with van der Waals surface area (Å²) in [6, 6.07) is -0.257. The van der Waals surface area contributed by atoms with Gasteiger partial charge in [0.2, 0.25) is 0 Å². The monoisotopic (exact) mass is 146 g/mol. The van der Waals surface area contributed by atoms with Crippen LogP contribution in [0.15, 0.2) is 0 Å². The predicted molar refractivity (Wildman–Crippen MR) is 38.8 cm³/mol. The Balaban J connectivity index is 3.43. The van der Waals surface area contributed by atoms with Gasteiger partial charge in [0.05, 0.1) is 6.42 Å². The molecule has 0 aromatic heterocycles. The molecule has 0 saturated heterocycles. The molecule has 3 N–H and O–H groups in total. The molecule has 60 valence electrons. The molecule has 4 heteroatoms. The molecule has 0 aliphatic rings. The Labute approximate surface area is 60.6 Å². The average molecular weight is 146 g/mol. The molecule has 0 aliphatic heterocycles. The lowest BCUT2D eigenvalue weighted by molar-refractivity contribution is -0.137. The highest BCUT2D eigenvalue weighted by Crippen LogP contribution is 1.88. The fourth-order valence-electron chi connectivity index (χ4n) is 0.758. The molecule has 0 spiro atoms. The van der Waals surface area contributed by atoms with E-state index in [1.165, 1.54) is 0 Å². The van der Waals surface area contributed by atoms with Gasteiger partial charge in [0.25, 0.3) is 0 Å². The first-order valence-corrected chi connectivity index (χ1v) is 3.14. The van der Waals surface area contributed by atoms with Crippen molar-refractivity contribution >= 4 is 5.97 Å². The van der Waals surface area contributed by atoms with E-state index < -0.39 is 5.97 Å². The van der Waals surface area contributed by atoms with E-state index in [1.807, 2.05) is 19.0 Å². The molecule has 4 nitrogen and oxygen atoms in total. The molecule has 0 radical (unpaired) electrons. The van der Waals surface area contributed by atoms with E-state index in [4.69, 9.17) is 10.8 Å². The quantitative estimate of drug-likeness (QED) is 0.553. The highest BCUT2D eigenvalue weighted by atomic mass is 16.4. The number of carboxylic acids is 1. The maximum Gasteiger partial charge on any atom is 0.304 e. The van der Waals surface area contributed by atoms with Crippen molar-refractivity contribution < 1.29 is 9.90 Å². The van der Waals surface area contributed by atoms with E-state index in [-0.39, 0.29) is 12.5 Å². The van der Waals surface area contributed by atoms with E-state index in [0.29, 0.717) is 6.54 Å². The first kappa shape index (κ1) is 9.39. The van der Waals surface area contributed by atoms with Crippen LogP contribution in [0.25, 0.3) is 0 Å². The van der Waals surface area contributed by atoms with Crippen LogP contribution in [0.1, 0.15) is 6.42 Å². The smallest absolute Gasteiger partial charge is 0.304 e. The van der Waals surface area contributed by atoms with Crippen molar-refractivity contribution in [2.75, 3.05) is 20.6 Å². The second-order valence-corrected chi connectivity index (χ2v) is 2.62. The SMILES string of the molecule is CN(C)C[C@@H](N)CC(=O)O. The molecule has 1 atom stereocenters. The third-order valence-electron chi connectivity index (χ3n) is 1.04. The van der Waals surface area contributed by atoms with Crippen molar-refractivity contribution in [2.45, 2.75) is 12.5 Å². The number of carboxylic acid groups (broad SMARTS) is 1. The highest BCUT2D eigenvalue weighted by Gasteiger charge is 2.07. The van der Waals surface area contributed by atoms with E-state index in [2.05, 4.69) is 0 Å². The first-order chi connectivity index (χ1) is 4.52. The molecule has 0 bridgehead atoms. The lowest BCUT2D eigenvalue weighted by Crippen LogP contribution is -2.34. The Hall–Kier alpha value is -0.610. The zero-order chi connectivity index (χ0) is 8.15. The minimum Gasteiger partial charge on any atom is -0.481 e. The summed E-state index contributed by atoms with van der Waals surface area (Å²) >= 11 is 0. The number of likely N-dealkylation sites (N-methyl/N-ethyl adjacent to an activating group) is 1. The number of aliphatic carboxylic acids is 1. The summed E-state index contributed by atoms with van der Waals surface area (Å²) in [7, 11) is 3.73. The minimum absolute atomic E-state index is 0.0399. The zero-order valence-electron chi connectivity index (χ0n) is 6.37.